The molecule has 0 radical (unpaired) electrons. The summed E-state index contributed by atoms with van der Waals surface area (Å²) in [5.74, 6) is 0.943. The van der Waals surface area contributed by atoms with Crippen molar-refractivity contribution in [3.63, 3.8) is 0 Å². The molecule has 0 saturated carbocycles. The van der Waals surface area contributed by atoms with Crippen molar-refractivity contribution in [1.29, 1.82) is 0 Å². The molecule has 0 saturated heterocycles. The smallest absolute Gasteiger partial charge is 0.121 e. The summed E-state index contributed by atoms with van der Waals surface area (Å²) in [6, 6.07) is 6.68. The lowest BCUT2D eigenvalue weighted by Crippen LogP contribution is -2.17. The first kappa shape index (κ1) is 13.8. The van der Waals surface area contributed by atoms with Gasteiger partial charge in [0.2, 0.25) is 0 Å². The number of methoxy groups -OCH3 is 1. The van der Waals surface area contributed by atoms with Gasteiger partial charge in [-0.1, -0.05) is 31.2 Å². The summed E-state index contributed by atoms with van der Waals surface area (Å²) in [7, 11) is 3.70. The summed E-state index contributed by atoms with van der Waals surface area (Å²) < 4.78 is 5.28. The zero-order chi connectivity index (χ0) is 12.8. The zero-order valence-electron chi connectivity index (χ0n) is 11.3. The van der Waals surface area contributed by atoms with E-state index in [4.69, 9.17) is 4.74 Å². The molecule has 0 bridgehead atoms. The predicted molar refractivity (Wildman–Crippen MR) is 73.6 cm³/mol. The Hall–Kier alpha value is -1.28. The fourth-order valence-electron chi connectivity index (χ4n) is 1.94. The Morgan fingerprint density at radius 1 is 1.47 bits per heavy atom. The van der Waals surface area contributed by atoms with Crippen molar-refractivity contribution in [3.8, 4) is 5.75 Å². The maximum atomic E-state index is 5.28. The molecule has 0 aliphatic heterocycles. The first-order valence-electron chi connectivity index (χ1n) is 6.10. The number of benzene rings is 1. The minimum absolute atomic E-state index is 0.340. The average molecular weight is 233 g/mol. The van der Waals surface area contributed by atoms with Crippen molar-refractivity contribution in [3.05, 3.63) is 41.5 Å². The van der Waals surface area contributed by atoms with Crippen LogP contribution in [0.25, 0.3) is 0 Å². The minimum Gasteiger partial charge on any atom is -0.496 e. The highest BCUT2D eigenvalue weighted by molar-refractivity contribution is 5.37. The van der Waals surface area contributed by atoms with Crippen LogP contribution in [0.1, 0.15) is 36.9 Å². The molecule has 0 spiro atoms. The van der Waals surface area contributed by atoms with Gasteiger partial charge in [0.25, 0.3) is 0 Å². The molecule has 0 fully saturated rings. The van der Waals surface area contributed by atoms with Crippen LogP contribution in [0.2, 0.25) is 0 Å². The van der Waals surface area contributed by atoms with E-state index in [1.807, 2.05) is 13.1 Å². The number of hydrogen-bond donors (Lipinski definition) is 1. The van der Waals surface area contributed by atoms with Crippen LogP contribution in [0.15, 0.2) is 30.4 Å². The molecule has 0 aliphatic carbocycles. The van der Waals surface area contributed by atoms with Crippen molar-refractivity contribution in [1.82, 2.24) is 5.32 Å². The van der Waals surface area contributed by atoms with Gasteiger partial charge in [-0.3, -0.25) is 0 Å². The van der Waals surface area contributed by atoms with Gasteiger partial charge in [-0.15, -0.1) is 0 Å². The third-order valence-corrected chi connectivity index (χ3v) is 3.16. The first-order valence-corrected chi connectivity index (χ1v) is 6.10. The Bertz CT molecular complexity index is 385. The molecule has 2 heteroatoms. The van der Waals surface area contributed by atoms with Crippen LogP contribution >= 0.6 is 0 Å². The number of aryl methyl sites for hydroxylation is 1. The number of hydrogen-bond acceptors (Lipinski definition) is 2. The SMILES string of the molecule is C=C(CC)CC(NC)c1ccc(OC)c(C)c1. The van der Waals surface area contributed by atoms with Gasteiger partial charge in [-0.25, -0.2) is 0 Å². The Kier molecular flexibility index (Phi) is 5.23. The predicted octanol–water partition coefficient (Wildman–Crippen LogP) is 3.62. The lowest BCUT2D eigenvalue weighted by Gasteiger charge is -2.19. The summed E-state index contributed by atoms with van der Waals surface area (Å²) in [6.45, 7) is 8.30. The normalized spacial score (nSPS) is 12.2. The van der Waals surface area contributed by atoms with Crippen LogP contribution in [-0.4, -0.2) is 14.2 Å². The molecule has 1 N–H and O–H groups in total. The molecule has 1 aromatic carbocycles. The van der Waals surface area contributed by atoms with Gasteiger partial charge in [-0.2, -0.15) is 0 Å². The van der Waals surface area contributed by atoms with Gasteiger partial charge in [0.05, 0.1) is 7.11 Å². The summed E-state index contributed by atoms with van der Waals surface area (Å²) in [6.07, 6.45) is 2.02. The van der Waals surface area contributed by atoms with Gasteiger partial charge in [0.1, 0.15) is 5.75 Å². The van der Waals surface area contributed by atoms with E-state index in [0.29, 0.717) is 6.04 Å². The number of nitrogens with one attached hydrogen (secondary N) is 1. The van der Waals surface area contributed by atoms with E-state index in [0.717, 1.165) is 18.6 Å². The molecule has 0 aliphatic rings. The van der Waals surface area contributed by atoms with Gasteiger partial charge in [-0.05, 0) is 44.0 Å². The molecule has 0 heterocycles. The summed E-state index contributed by atoms with van der Waals surface area (Å²) in [5, 5.41) is 3.35. The van der Waals surface area contributed by atoms with Crippen molar-refractivity contribution >= 4 is 0 Å². The molecule has 1 atom stereocenters. The van der Waals surface area contributed by atoms with E-state index < -0.39 is 0 Å². The molecule has 1 unspecified atom stereocenters. The molecular formula is C15H23NO. The van der Waals surface area contributed by atoms with Crippen LogP contribution in [0.3, 0.4) is 0 Å². The van der Waals surface area contributed by atoms with Crippen molar-refractivity contribution in [2.24, 2.45) is 0 Å². The second-order valence-electron chi connectivity index (χ2n) is 4.38. The monoisotopic (exact) mass is 233 g/mol. The minimum atomic E-state index is 0.340. The third kappa shape index (κ3) is 3.60. The largest absolute Gasteiger partial charge is 0.496 e. The van der Waals surface area contributed by atoms with Crippen molar-refractivity contribution in [2.45, 2.75) is 32.7 Å². The fourth-order valence-corrected chi connectivity index (χ4v) is 1.94. The molecule has 17 heavy (non-hydrogen) atoms. The Balaban J connectivity index is 2.88. The lowest BCUT2D eigenvalue weighted by atomic mass is 9.97. The summed E-state index contributed by atoms with van der Waals surface area (Å²) in [4.78, 5) is 0. The van der Waals surface area contributed by atoms with Crippen LogP contribution in [-0.2, 0) is 0 Å². The number of rotatable bonds is 6. The quantitative estimate of drug-likeness (QED) is 0.758. The van der Waals surface area contributed by atoms with E-state index in [1.165, 1.54) is 16.7 Å². The lowest BCUT2D eigenvalue weighted by molar-refractivity contribution is 0.411. The second kappa shape index (κ2) is 6.45. The Morgan fingerprint density at radius 3 is 2.65 bits per heavy atom. The van der Waals surface area contributed by atoms with Crippen molar-refractivity contribution < 1.29 is 4.74 Å². The highest BCUT2D eigenvalue weighted by atomic mass is 16.5. The van der Waals surface area contributed by atoms with E-state index in [-0.39, 0.29) is 0 Å². The molecular weight excluding hydrogens is 210 g/mol. The Morgan fingerprint density at radius 2 is 2.18 bits per heavy atom. The van der Waals surface area contributed by atoms with Crippen molar-refractivity contribution in [2.75, 3.05) is 14.2 Å². The maximum absolute atomic E-state index is 5.28. The molecule has 1 aromatic rings. The highest BCUT2D eigenvalue weighted by Gasteiger charge is 2.11. The topological polar surface area (TPSA) is 21.3 Å². The Labute approximate surface area is 105 Å². The van der Waals surface area contributed by atoms with Gasteiger partial charge in [0, 0.05) is 6.04 Å². The zero-order valence-corrected chi connectivity index (χ0v) is 11.3. The molecule has 2 nitrogen and oxygen atoms in total. The van der Waals surface area contributed by atoms with Gasteiger partial charge >= 0.3 is 0 Å². The van der Waals surface area contributed by atoms with E-state index in [2.05, 4.69) is 37.9 Å². The third-order valence-electron chi connectivity index (χ3n) is 3.16. The van der Waals surface area contributed by atoms with Gasteiger partial charge < -0.3 is 10.1 Å². The summed E-state index contributed by atoms with van der Waals surface area (Å²) >= 11 is 0. The first-order chi connectivity index (χ1) is 8.12. The fraction of sp³-hybridized carbons (Fsp3) is 0.467. The van der Waals surface area contributed by atoms with Crippen LogP contribution in [0.5, 0.6) is 5.75 Å². The van der Waals surface area contributed by atoms with Crippen LogP contribution in [0.4, 0.5) is 0 Å². The van der Waals surface area contributed by atoms with E-state index in [9.17, 15) is 0 Å². The van der Waals surface area contributed by atoms with Crippen LogP contribution in [0, 0.1) is 6.92 Å². The average Bonchev–Trinajstić information content (AvgIpc) is 2.35. The standard InChI is InChI=1S/C15H23NO/c1-6-11(2)9-14(16-4)13-7-8-15(17-5)12(3)10-13/h7-8,10,14,16H,2,6,9H2,1,3-5H3. The summed E-state index contributed by atoms with van der Waals surface area (Å²) in [5.41, 5.74) is 3.74. The highest BCUT2D eigenvalue weighted by Crippen LogP contribution is 2.26. The molecule has 1 rings (SSSR count). The van der Waals surface area contributed by atoms with Gasteiger partial charge in [0.15, 0.2) is 0 Å². The maximum Gasteiger partial charge on any atom is 0.121 e. The van der Waals surface area contributed by atoms with Crippen LogP contribution < -0.4 is 10.1 Å². The van der Waals surface area contributed by atoms with E-state index >= 15 is 0 Å². The number of ether oxygens (including phenoxy) is 1. The van der Waals surface area contributed by atoms with E-state index in [1.54, 1.807) is 7.11 Å². The molecule has 94 valence electrons. The molecule has 0 aromatic heterocycles. The second-order valence-corrected chi connectivity index (χ2v) is 4.38. The molecule has 0 amide bonds.